The summed E-state index contributed by atoms with van der Waals surface area (Å²) in [4.78, 5) is 3.15. The van der Waals surface area contributed by atoms with Gasteiger partial charge in [-0.05, 0) is 49.7 Å². The number of nitrogens with zero attached hydrogens (tertiary/aromatic N) is 1. The van der Waals surface area contributed by atoms with Crippen molar-refractivity contribution in [1.29, 1.82) is 0 Å². The molecule has 3 rings (SSSR count). The van der Waals surface area contributed by atoms with Crippen LogP contribution in [0.5, 0.6) is 0 Å². The molecular weight excluding hydrogens is 266 g/mol. The number of hydrogen-bond donors (Lipinski definition) is 1. The van der Waals surface area contributed by atoms with E-state index in [1.165, 1.54) is 17.8 Å². The summed E-state index contributed by atoms with van der Waals surface area (Å²) in [6.45, 7) is 2.87. The molecule has 19 heavy (non-hydrogen) atoms. The SMILES string of the molecule is Cc1[nH]c(=S)n2c1C(Cc1cc(F)cc(F)c1)CC2. The van der Waals surface area contributed by atoms with Crippen LogP contribution >= 0.6 is 12.2 Å². The first-order valence-electron chi connectivity index (χ1n) is 6.29. The maximum atomic E-state index is 13.2. The molecule has 0 saturated heterocycles. The van der Waals surface area contributed by atoms with Crippen LogP contribution in [-0.2, 0) is 13.0 Å². The van der Waals surface area contributed by atoms with Crippen molar-refractivity contribution in [1.82, 2.24) is 9.55 Å². The van der Waals surface area contributed by atoms with Crippen LogP contribution in [0, 0.1) is 23.3 Å². The van der Waals surface area contributed by atoms with E-state index in [2.05, 4.69) is 9.55 Å². The van der Waals surface area contributed by atoms with E-state index in [1.54, 1.807) is 0 Å². The van der Waals surface area contributed by atoms with Crippen LogP contribution in [0.3, 0.4) is 0 Å². The number of imidazole rings is 1. The molecule has 5 heteroatoms. The number of aromatic amines is 1. The average molecular weight is 280 g/mol. The van der Waals surface area contributed by atoms with Crippen molar-refractivity contribution in [2.75, 3.05) is 0 Å². The number of benzene rings is 1. The van der Waals surface area contributed by atoms with Crippen LogP contribution in [0.1, 0.15) is 29.3 Å². The Hall–Kier alpha value is -1.49. The van der Waals surface area contributed by atoms with Gasteiger partial charge in [0.15, 0.2) is 4.77 Å². The zero-order chi connectivity index (χ0) is 13.6. The van der Waals surface area contributed by atoms with E-state index in [0.717, 1.165) is 29.5 Å². The van der Waals surface area contributed by atoms with Gasteiger partial charge in [0.2, 0.25) is 0 Å². The molecule has 0 amide bonds. The third-order valence-electron chi connectivity index (χ3n) is 3.71. The molecule has 2 heterocycles. The Morgan fingerprint density at radius 2 is 2.00 bits per heavy atom. The number of aryl methyl sites for hydroxylation is 1. The van der Waals surface area contributed by atoms with Crippen molar-refractivity contribution in [3.05, 3.63) is 51.6 Å². The summed E-state index contributed by atoms with van der Waals surface area (Å²) in [6, 6.07) is 3.71. The van der Waals surface area contributed by atoms with E-state index in [-0.39, 0.29) is 5.92 Å². The molecule has 2 aromatic rings. The van der Waals surface area contributed by atoms with E-state index in [1.807, 2.05) is 6.92 Å². The fourth-order valence-electron chi connectivity index (χ4n) is 2.99. The van der Waals surface area contributed by atoms with Gasteiger partial charge in [-0.15, -0.1) is 0 Å². The lowest BCUT2D eigenvalue weighted by atomic mass is 9.94. The minimum absolute atomic E-state index is 0.272. The molecule has 1 unspecified atom stereocenters. The fourth-order valence-corrected chi connectivity index (χ4v) is 3.33. The summed E-state index contributed by atoms with van der Waals surface area (Å²) in [5, 5.41) is 0. The summed E-state index contributed by atoms with van der Waals surface area (Å²) in [5.74, 6) is -0.764. The number of H-pyrrole nitrogens is 1. The predicted octanol–water partition coefficient (Wildman–Crippen LogP) is 3.86. The van der Waals surface area contributed by atoms with Gasteiger partial charge in [-0.2, -0.15) is 0 Å². The molecule has 0 saturated carbocycles. The molecule has 100 valence electrons. The molecular formula is C14H14F2N2S. The van der Waals surface area contributed by atoms with Crippen LogP contribution in [-0.4, -0.2) is 9.55 Å². The standard InChI is InChI=1S/C14H14F2N2S/c1-8-13-10(2-3-18(13)14(19)17-8)4-9-5-11(15)7-12(16)6-9/h5-7,10H,2-4H2,1H3,(H,17,19). The normalized spacial score (nSPS) is 17.7. The molecule has 0 fully saturated rings. The number of halogens is 2. The first-order chi connectivity index (χ1) is 9.04. The van der Waals surface area contributed by atoms with E-state index >= 15 is 0 Å². The summed E-state index contributed by atoms with van der Waals surface area (Å²) < 4.78 is 29.3. The number of fused-ring (bicyclic) bond motifs is 1. The third kappa shape index (κ3) is 2.23. The Kier molecular flexibility index (Phi) is 3.01. The Morgan fingerprint density at radius 1 is 1.32 bits per heavy atom. The quantitative estimate of drug-likeness (QED) is 0.828. The summed E-state index contributed by atoms with van der Waals surface area (Å²) >= 11 is 5.25. The highest BCUT2D eigenvalue weighted by atomic mass is 32.1. The van der Waals surface area contributed by atoms with Gasteiger partial charge in [-0.3, -0.25) is 0 Å². The highest BCUT2D eigenvalue weighted by Gasteiger charge is 2.26. The minimum Gasteiger partial charge on any atom is -0.335 e. The monoisotopic (exact) mass is 280 g/mol. The fraction of sp³-hybridized carbons (Fsp3) is 0.357. The first-order valence-corrected chi connectivity index (χ1v) is 6.69. The molecule has 0 bridgehead atoms. The first kappa shape index (κ1) is 12.5. The smallest absolute Gasteiger partial charge is 0.177 e. The van der Waals surface area contributed by atoms with Gasteiger partial charge in [0.1, 0.15) is 11.6 Å². The van der Waals surface area contributed by atoms with Crippen molar-refractivity contribution in [2.24, 2.45) is 0 Å². The lowest BCUT2D eigenvalue weighted by Crippen LogP contribution is -2.01. The van der Waals surface area contributed by atoms with E-state index in [0.29, 0.717) is 12.0 Å². The largest absolute Gasteiger partial charge is 0.335 e. The summed E-state index contributed by atoms with van der Waals surface area (Å²) in [5.41, 5.74) is 2.93. The van der Waals surface area contributed by atoms with E-state index < -0.39 is 11.6 Å². The van der Waals surface area contributed by atoms with Crippen molar-refractivity contribution in [3.63, 3.8) is 0 Å². The molecule has 1 N–H and O–H groups in total. The molecule has 0 spiro atoms. The van der Waals surface area contributed by atoms with E-state index in [9.17, 15) is 8.78 Å². The lowest BCUT2D eigenvalue weighted by molar-refractivity contribution is 0.574. The highest BCUT2D eigenvalue weighted by Crippen LogP contribution is 2.33. The van der Waals surface area contributed by atoms with Crippen LogP contribution in [0.2, 0.25) is 0 Å². The number of rotatable bonds is 2. The van der Waals surface area contributed by atoms with Crippen LogP contribution < -0.4 is 0 Å². The molecule has 2 nitrogen and oxygen atoms in total. The van der Waals surface area contributed by atoms with Crippen LogP contribution in [0.25, 0.3) is 0 Å². The number of nitrogens with one attached hydrogen (secondary N) is 1. The third-order valence-corrected chi connectivity index (χ3v) is 4.03. The molecule has 0 aliphatic carbocycles. The molecule has 1 aromatic heterocycles. The minimum atomic E-state index is -0.518. The maximum absolute atomic E-state index is 13.2. The van der Waals surface area contributed by atoms with Crippen molar-refractivity contribution >= 4 is 12.2 Å². The molecule has 1 aliphatic heterocycles. The summed E-state index contributed by atoms with van der Waals surface area (Å²) in [7, 11) is 0. The molecule has 1 aromatic carbocycles. The van der Waals surface area contributed by atoms with Crippen LogP contribution in [0.15, 0.2) is 18.2 Å². The van der Waals surface area contributed by atoms with Gasteiger partial charge in [0.05, 0.1) is 0 Å². The number of hydrogen-bond acceptors (Lipinski definition) is 1. The predicted molar refractivity (Wildman–Crippen MR) is 71.8 cm³/mol. The molecule has 1 atom stereocenters. The van der Waals surface area contributed by atoms with Gasteiger partial charge < -0.3 is 9.55 Å². The molecule has 0 radical (unpaired) electrons. The lowest BCUT2D eigenvalue weighted by Gasteiger charge is -2.10. The van der Waals surface area contributed by atoms with Gasteiger partial charge in [0.25, 0.3) is 0 Å². The van der Waals surface area contributed by atoms with Crippen LogP contribution in [0.4, 0.5) is 8.78 Å². The highest BCUT2D eigenvalue weighted by molar-refractivity contribution is 7.71. The van der Waals surface area contributed by atoms with Gasteiger partial charge in [-0.25, -0.2) is 8.78 Å². The zero-order valence-corrected chi connectivity index (χ0v) is 11.4. The van der Waals surface area contributed by atoms with Crippen molar-refractivity contribution < 1.29 is 8.78 Å². The average Bonchev–Trinajstić information content (AvgIpc) is 2.82. The second-order valence-corrected chi connectivity index (χ2v) is 5.45. The maximum Gasteiger partial charge on any atom is 0.177 e. The Balaban J connectivity index is 1.92. The number of aromatic nitrogens is 2. The second-order valence-electron chi connectivity index (χ2n) is 5.06. The Morgan fingerprint density at radius 3 is 2.68 bits per heavy atom. The van der Waals surface area contributed by atoms with Crippen molar-refractivity contribution in [3.8, 4) is 0 Å². The second kappa shape index (κ2) is 4.56. The van der Waals surface area contributed by atoms with Crippen molar-refractivity contribution in [2.45, 2.75) is 32.2 Å². The Labute approximate surface area is 115 Å². The summed E-state index contributed by atoms with van der Waals surface area (Å²) in [6.07, 6.45) is 1.61. The zero-order valence-electron chi connectivity index (χ0n) is 10.5. The van der Waals surface area contributed by atoms with Gasteiger partial charge >= 0.3 is 0 Å². The topological polar surface area (TPSA) is 20.7 Å². The van der Waals surface area contributed by atoms with E-state index in [4.69, 9.17) is 12.2 Å². The van der Waals surface area contributed by atoms with Gasteiger partial charge in [0, 0.05) is 29.9 Å². The van der Waals surface area contributed by atoms with Gasteiger partial charge in [-0.1, -0.05) is 0 Å². The molecule has 1 aliphatic rings. The Bertz CT molecular complexity index is 667.